The molecule has 0 spiro atoms. The van der Waals surface area contributed by atoms with Gasteiger partial charge in [-0.2, -0.15) is 0 Å². The molecule has 0 radical (unpaired) electrons. The van der Waals surface area contributed by atoms with Crippen molar-refractivity contribution in [3.05, 3.63) is 0 Å². The maximum absolute atomic E-state index is 5.89. The van der Waals surface area contributed by atoms with Gasteiger partial charge in [-0.05, 0) is 38.6 Å². The number of rotatable bonds is 5. The molecular formula is C11H21NO2. The van der Waals surface area contributed by atoms with E-state index in [1.807, 2.05) is 7.05 Å². The van der Waals surface area contributed by atoms with Crippen molar-refractivity contribution in [2.45, 2.75) is 37.8 Å². The SMILES string of the molecule is CNC(COC1CCOCC1)C1CC1. The van der Waals surface area contributed by atoms with Crippen LogP contribution in [0.15, 0.2) is 0 Å². The molecule has 1 heterocycles. The molecule has 2 rings (SSSR count). The van der Waals surface area contributed by atoms with E-state index in [0.717, 1.165) is 38.6 Å². The van der Waals surface area contributed by atoms with Crippen LogP contribution in [0.4, 0.5) is 0 Å². The highest BCUT2D eigenvalue weighted by molar-refractivity contribution is 4.85. The lowest BCUT2D eigenvalue weighted by molar-refractivity contribution is -0.0390. The van der Waals surface area contributed by atoms with E-state index in [4.69, 9.17) is 9.47 Å². The third-order valence-corrected chi connectivity index (χ3v) is 3.24. The lowest BCUT2D eigenvalue weighted by Gasteiger charge is -2.25. The van der Waals surface area contributed by atoms with Crippen molar-refractivity contribution in [1.82, 2.24) is 5.32 Å². The molecule has 0 bridgehead atoms. The average Bonchev–Trinajstić information content (AvgIpc) is 3.05. The molecule has 0 aromatic carbocycles. The number of hydrogen-bond acceptors (Lipinski definition) is 3. The molecule has 1 N–H and O–H groups in total. The van der Waals surface area contributed by atoms with Crippen molar-refractivity contribution in [2.24, 2.45) is 5.92 Å². The zero-order valence-corrected chi connectivity index (χ0v) is 9.00. The van der Waals surface area contributed by atoms with Crippen LogP contribution in [0.1, 0.15) is 25.7 Å². The van der Waals surface area contributed by atoms with Crippen LogP contribution in [0.5, 0.6) is 0 Å². The zero-order valence-electron chi connectivity index (χ0n) is 9.00. The van der Waals surface area contributed by atoms with Gasteiger partial charge in [-0.15, -0.1) is 0 Å². The van der Waals surface area contributed by atoms with Crippen LogP contribution in [0.25, 0.3) is 0 Å². The predicted octanol–water partition coefficient (Wildman–Crippen LogP) is 1.18. The number of hydrogen-bond donors (Lipinski definition) is 1. The second-order valence-corrected chi connectivity index (χ2v) is 4.38. The topological polar surface area (TPSA) is 30.5 Å². The highest BCUT2D eigenvalue weighted by Crippen LogP contribution is 2.32. The molecule has 0 aromatic rings. The number of nitrogens with one attached hydrogen (secondary N) is 1. The normalized spacial score (nSPS) is 26.4. The molecule has 2 fully saturated rings. The molecule has 1 atom stereocenters. The van der Waals surface area contributed by atoms with Crippen LogP contribution in [-0.2, 0) is 9.47 Å². The van der Waals surface area contributed by atoms with Gasteiger partial charge in [0, 0.05) is 19.3 Å². The fourth-order valence-corrected chi connectivity index (χ4v) is 2.04. The Morgan fingerprint density at radius 2 is 2.00 bits per heavy atom. The van der Waals surface area contributed by atoms with Gasteiger partial charge in [-0.25, -0.2) is 0 Å². The van der Waals surface area contributed by atoms with Gasteiger partial charge in [0.05, 0.1) is 12.7 Å². The summed E-state index contributed by atoms with van der Waals surface area (Å²) in [5, 5.41) is 3.35. The smallest absolute Gasteiger partial charge is 0.0626 e. The lowest BCUT2D eigenvalue weighted by Crippen LogP contribution is -2.35. The fourth-order valence-electron chi connectivity index (χ4n) is 2.04. The second kappa shape index (κ2) is 5.10. The molecule has 1 saturated heterocycles. The lowest BCUT2D eigenvalue weighted by atomic mass is 10.1. The Kier molecular flexibility index (Phi) is 3.79. The molecule has 2 aliphatic rings. The Morgan fingerprint density at radius 1 is 1.29 bits per heavy atom. The van der Waals surface area contributed by atoms with Crippen molar-refractivity contribution in [2.75, 3.05) is 26.9 Å². The molecule has 0 aromatic heterocycles. The minimum Gasteiger partial charge on any atom is -0.381 e. The molecule has 14 heavy (non-hydrogen) atoms. The minimum atomic E-state index is 0.443. The third-order valence-electron chi connectivity index (χ3n) is 3.24. The third kappa shape index (κ3) is 2.94. The Labute approximate surface area is 86.2 Å². The Morgan fingerprint density at radius 3 is 2.57 bits per heavy atom. The maximum atomic E-state index is 5.89. The first-order valence-corrected chi connectivity index (χ1v) is 5.76. The Hall–Kier alpha value is -0.120. The number of likely N-dealkylation sites (N-methyl/N-ethyl adjacent to an activating group) is 1. The van der Waals surface area contributed by atoms with E-state index < -0.39 is 0 Å². The summed E-state index contributed by atoms with van der Waals surface area (Å²) in [6, 6.07) is 0.581. The highest BCUT2D eigenvalue weighted by atomic mass is 16.5. The summed E-state index contributed by atoms with van der Waals surface area (Å²) < 4.78 is 11.2. The molecule has 1 aliphatic carbocycles. The van der Waals surface area contributed by atoms with Crippen LogP contribution in [0, 0.1) is 5.92 Å². The first-order valence-electron chi connectivity index (χ1n) is 5.76. The van der Waals surface area contributed by atoms with Crippen LogP contribution in [-0.4, -0.2) is 39.0 Å². The fraction of sp³-hybridized carbons (Fsp3) is 1.00. The van der Waals surface area contributed by atoms with Crippen LogP contribution < -0.4 is 5.32 Å². The van der Waals surface area contributed by atoms with Crippen molar-refractivity contribution >= 4 is 0 Å². The van der Waals surface area contributed by atoms with Crippen molar-refractivity contribution < 1.29 is 9.47 Å². The van der Waals surface area contributed by atoms with Crippen molar-refractivity contribution in [3.63, 3.8) is 0 Å². The Bertz CT molecular complexity index is 165. The Balaban J connectivity index is 1.63. The van der Waals surface area contributed by atoms with E-state index in [0.29, 0.717) is 12.1 Å². The van der Waals surface area contributed by atoms with E-state index in [1.54, 1.807) is 0 Å². The monoisotopic (exact) mass is 199 g/mol. The quantitative estimate of drug-likeness (QED) is 0.721. The van der Waals surface area contributed by atoms with E-state index in [2.05, 4.69) is 5.32 Å². The largest absolute Gasteiger partial charge is 0.381 e. The predicted molar refractivity (Wildman–Crippen MR) is 55.4 cm³/mol. The van der Waals surface area contributed by atoms with E-state index in [-0.39, 0.29) is 0 Å². The summed E-state index contributed by atoms with van der Waals surface area (Å²) >= 11 is 0. The van der Waals surface area contributed by atoms with Gasteiger partial charge in [0.25, 0.3) is 0 Å². The summed E-state index contributed by atoms with van der Waals surface area (Å²) in [4.78, 5) is 0. The summed E-state index contributed by atoms with van der Waals surface area (Å²) in [5.41, 5.74) is 0. The molecule has 1 unspecified atom stereocenters. The van der Waals surface area contributed by atoms with Crippen LogP contribution in [0.3, 0.4) is 0 Å². The molecule has 3 nitrogen and oxygen atoms in total. The summed E-state index contributed by atoms with van der Waals surface area (Å²) in [6.07, 6.45) is 5.34. The van der Waals surface area contributed by atoms with Crippen LogP contribution in [0.2, 0.25) is 0 Å². The van der Waals surface area contributed by atoms with Gasteiger partial charge < -0.3 is 14.8 Å². The molecule has 1 aliphatic heterocycles. The standard InChI is InChI=1S/C11H21NO2/c1-12-11(9-2-3-9)8-14-10-4-6-13-7-5-10/h9-12H,2-8H2,1H3. The van der Waals surface area contributed by atoms with Gasteiger partial charge in [0.15, 0.2) is 0 Å². The second-order valence-electron chi connectivity index (χ2n) is 4.38. The van der Waals surface area contributed by atoms with Gasteiger partial charge in [0.1, 0.15) is 0 Å². The first kappa shape index (κ1) is 10.4. The first-order chi connectivity index (χ1) is 6.90. The summed E-state index contributed by atoms with van der Waals surface area (Å²) in [5.74, 6) is 0.875. The van der Waals surface area contributed by atoms with Gasteiger partial charge in [-0.3, -0.25) is 0 Å². The molecule has 3 heteroatoms. The van der Waals surface area contributed by atoms with Crippen LogP contribution >= 0.6 is 0 Å². The van der Waals surface area contributed by atoms with Crippen molar-refractivity contribution in [1.29, 1.82) is 0 Å². The molecular weight excluding hydrogens is 178 g/mol. The van der Waals surface area contributed by atoms with Gasteiger partial charge >= 0.3 is 0 Å². The van der Waals surface area contributed by atoms with Crippen molar-refractivity contribution in [3.8, 4) is 0 Å². The summed E-state index contributed by atoms with van der Waals surface area (Å²) in [6.45, 7) is 2.63. The molecule has 1 saturated carbocycles. The van der Waals surface area contributed by atoms with Gasteiger partial charge in [0.2, 0.25) is 0 Å². The highest BCUT2D eigenvalue weighted by Gasteiger charge is 2.30. The van der Waals surface area contributed by atoms with E-state index >= 15 is 0 Å². The molecule has 82 valence electrons. The van der Waals surface area contributed by atoms with Gasteiger partial charge in [-0.1, -0.05) is 0 Å². The van der Waals surface area contributed by atoms with E-state index in [9.17, 15) is 0 Å². The maximum Gasteiger partial charge on any atom is 0.0626 e. The van der Waals surface area contributed by atoms with E-state index in [1.165, 1.54) is 12.8 Å². The molecule has 0 amide bonds. The summed E-state index contributed by atoms with van der Waals surface area (Å²) in [7, 11) is 2.04. The average molecular weight is 199 g/mol. The number of ether oxygens (including phenoxy) is 2. The minimum absolute atomic E-state index is 0.443. The zero-order chi connectivity index (χ0) is 9.80.